The number of hydrogen-bond donors (Lipinski definition) is 0. The molecule has 0 N–H and O–H groups in total. The van der Waals surface area contributed by atoms with E-state index in [4.69, 9.17) is 30.4 Å². The average Bonchev–Trinajstić information content (AvgIpc) is 3.34. The molecule has 4 rings (SSSR count). The van der Waals surface area contributed by atoms with E-state index in [1.54, 1.807) is 68.4 Å². The first-order valence-electron chi connectivity index (χ1n) is 9.03. The zero-order valence-electron chi connectivity index (χ0n) is 16.5. The molecule has 9 heteroatoms. The summed E-state index contributed by atoms with van der Waals surface area (Å²) in [6.07, 6.45) is 0. The Morgan fingerprint density at radius 3 is 2.70 bits per heavy atom. The lowest BCUT2D eigenvalue weighted by Gasteiger charge is -2.15. The van der Waals surface area contributed by atoms with Crippen LogP contribution < -0.4 is 9.47 Å². The van der Waals surface area contributed by atoms with Crippen molar-refractivity contribution in [2.45, 2.75) is 6.92 Å². The van der Waals surface area contributed by atoms with Crippen LogP contribution in [0.4, 0.5) is 0 Å². The Morgan fingerprint density at radius 1 is 1.17 bits per heavy atom. The molecule has 0 unspecified atom stereocenters. The summed E-state index contributed by atoms with van der Waals surface area (Å²) < 4.78 is 16.0. The number of aromatic nitrogens is 1. The Morgan fingerprint density at radius 2 is 1.93 bits per heavy atom. The number of rotatable bonds is 4. The minimum atomic E-state index is -0.705. The van der Waals surface area contributed by atoms with Gasteiger partial charge in [-0.05, 0) is 31.2 Å². The summed E-state index contributed by atoms with van der Waals surface area (Å²) in [6, 6.07) is 12.4. The normalized spacial score (nSPS) is 12.7. The Balaban J connectivity index is 1.64. The van der Waals surface area contributed by atoms with Crippen molar-refractivity contribution in [1.29, 1.82) is 0 Å². The number of fused-ring (bicyclic) bond motifs is 1. The Hall–Kier alpha value is -3.52. The van der Waals surface area contributed by atoms with Gasteiger partial charge in [-0.25, -0.2) is 4.79 Å². The molecule has 1 aliphatic heterocycles. The van der Waals surface area contributed by atoms with E-state index >= 15 is 0 Å². The molecule has 0 saturated carbocycles. The highest BCUT2D eigenvalue weighted by Gasteiger charge is 2.25. The lowest BCUT2D eigenvalue weighted by Crippen LogP contribution is -2.24. The number of hydrogen-bond acceptors (Lipinski definition) is 7. The molecule has 0 amide bonds. The van der Waals surface area contributed by atoms with Gasteiger partial charge in [-0.1, -0.05) is 40.1 Å². The van der Waals surface area contributed by atoms with Crippen LogP contribution in [-0.4, -0.2) is 42.7 Å². The molecule has 3 aromatic rings. The second-order valence-corrected chi connectivity index (χ2v) is 7.11. The molecule has 0 spiro atoms. The van der Waals surface area contributed by atoms with Crippen molar-refractivity contribution < 1.29 is 23.6 Å². The highest BCUT2D eigenvalue weighted by molar-refractivity contribution is 6.33. The number of amidine groups is 1. The van der Waals surface area contributed by atoms with Gasteiger partial charge in [0.25, 0.3) is 0 Å². The minimum absolute atomic E-state index is 0.163. The number of nitrogens with zero attached hydrogens (tertiary/aromatic N) is 3. The van der Waals surface area contributed by atoms with E-state index < -0.39 is 5.97 Å². The first-order chi connectivity index (χ1) is 14.5. The highest BCUT2D eigenvalue weighted by Crippen LogP contribution is 2.33. The molecule has 8 nitrogen and oxygen atoms in total. The maximum atomic E-state index is 12.8. The fraction of sp³-hybridized carbons (Fsp3) is 0.190. The monoisotopic (exact) mass is 427 g/mol. The van der Waals surface area contributed by atoms with Crippen molar-refractivity contribution in [3.05, 3.63) is 64.4 Å². The largest absolute Gasteiger partial charge is 0.454 e. The van der Waals surface area contributed by atoms with Crippen LogP contribution in [0, 0.1) is 6.92 Å². The van der Waals surface area contributed by atoms with Crippen LogP contribution in [0.1, 0.15) is 21.7 Å². The molecule has 0 bridgehead atoms. The van der Waals surface area contributed by atoms with E-state index in [-0.39, 0.29) is 12.4 Å². The van der Waals surface area contributed by atoms with Crippen LogP contribution in [-0.2, 0) is 4.84 Å². The molecule has 30 heavy (non-hydrogen) atoms. The fourth-order valence-electron chi connectivity index (χ4n) is 3.01. The van der Waals surface area contributed by atoms with Gasteiger partial charge in [0.05, 0.1) is 5.02 Å². The summed E-state index contributed by atoms with van der Waals surface area (Å²) in [4.78, 5) is 19.8. The molecule has 2 aromatic carbocycles. The molecule has 0 saturated heterocycles. The van der Waals surface area contributed by atoms with E-state index in [1.165, 1.54) is 0 Å². The van der Waals surface area contributed by atoms with Gasteiger partial charge >= 0.3 is 5.97 Å². The summed E-state index contributed by atoms with van der Waals surface area (Å²) >= 11 is 6.25. The lowest BCUT2D eigenvalue weighted by atomic mass is 10.1. The number of carbonyl (C=O) groups excluding carboxylic acids is 1. The molecule has 0 atom stereocenters. The van der Waals surface area contributed by atoms with Gasteiger partial charge in [0, 0.05) is 25.2 Å². The number of benzene rings is 2. The molecule has 0 fully saturated rings. The molecule has 154 valence electrons. The van der Waals surface area contributed by atoms with Gasteiger partial charge in [0.2, 0.25) is 6.79 Å². The number of halogens is 1. The third kappa shape index (κ3) is 3.69. The van der Waals surface area contributed by atoms with Gasteiger partial charge in [0.1, 0.15) is 17.0 Å². The van der Waals surface area contributed by atoms with Crippen LogP contribution in [0.2, 0.25) is 5.02 Å². The number of ether oxygens (including phenoxy) is 2. The van der Waals surface area contributed by atoms with Crippen LogP contribution in [0.5, 0.6) is 11.5 Å². The molecule has 1 aromatic heterocycles. The molecule has 2 heterocycles. The average molecular weight is 428 g/mol. The van der Waals surface area contributed by atoms with Gasteiger partial charge < -0.3 is 23.7 Å². The topological polar surface area (TPSA) is 86.4 Å². The minimum Gasteiger partial charge on any atom is -0.454 e. The van der Waals surface area contributed by atoms with Crippen molar-refractivity contribution in [1.82, 2.24) is 10.1 Å². The number of oxime groups is 1. The maximum Gasteiger partial charge on any atom is 0.371 e. The number of carbonyl (C=O) groups is 1. The highest BCUT2D eigenvalue weighted by atomic mass is 35.5. The van der Waals surface area contributed by atoms with Crippen molar-refractivity contribution >= 4 is 23.4 Å². The van der Waals surface area contributed by atoms with Crippen molar-refractivity contribution in [2.24, 2.45) is 5.16 Å². The summed E-state index contributed by atoms with van der Waals surface area (Å²) in [5.41, 5.74) is 1.73. The molecule has 1 aliphatic rings. The quantitative estimate of drug-likeness (QED) is 0.268. The summed E-state index contributed by atoms with van der Waals surface area (Å²) in [5.74, 6) is 1.28. The second-order valence-electron chi connectivity index (χ2n) is 6.70. The maximum absolute atomic E-state index is 12.8. The first-order valence-corrected chi connectivity index (χ1v) is 9.41. The zero-order chi connectivity index (χ0) is 21.3. The van der Waals surface area contributed by atoms with Crippen LogP contribution >= 0.6 is 11.6 Å². The predicted molar refractivity (Wildman–Crippen MR) is 110 cm³/mol. The van der Waals surface area contributed by atoms with Crippen molar-refractivity contribution in [2.75, 3.05) is 20.9 Å². The third-order valence-electron chi connectivity index (χ3n) is 4.47. The Labute approximate surface area is 177 Å². The van der Waals surface area contributed by atoms with E-state index in [2.05, 4.69) is 10.3 Å². The zero-order valence-corrected chi connectivity index (χ0v) is 17.3. The van der Waals surface area contributed by atoms with Gasteiger partial charge in [-0.3, -0.25) is 0 Å². The van der Waals surface area contributed by atoms with Crippen LogP contribution in [0.25, 0.3) is 11.3 Å². The summed E-state index contributed by atoms with van der Waals surface area (Å²) in [6.45, 7) is 1.79. The number of aryl methyl sites for hydroxylation is 1. The first kappa shape index (κ1) is 19.8. The molecular weight excluding hydrogens is 410 g/mol. The molecular formula is C21H18ClN3O5. The molecule has 0 aliphatic carbocycles. The lowest BCUT2D eigenvalue weighted by molar-refractivity contribution is 0.0510. The van der Waals surface area contributed by atoms with Crippen molar-refractivity contribution in [3.8, 4) is 22.8 Å². The predicted octanol–water partition coefficient (Wildman–Crippen LogP) is 4.11. The second kappa shape index (κ2) is 8.08. The van der Waals surface area contributed by atoms with Gasteiger partial charge in [-0.15, -0.1) is 0 Å². The summed E-state index contributed by atoms with van der Waals surface area (Å²) in [5, 5.41) is 8.49. The van der Waals surface area contributed by atoms with E-state index in [1.807, 2.05) is 0 Å². The van der Waals surface area contributed by atoms with Gasteiger partial charge in [-0.2, -0.15) is 0 Å². The van der Waals surface area contributed by atoms with Crippen molar-refractivity contribution in [3.63, 3.8) is 0 Å². The van der Waals surface area contributed by atoms with Gasteiger partial charge in [0.15, 0.2) is 17.3 Å². The Kier molecular flexibility index (Phi) is 5.33. The van der Waals surface area contributed by atoms with Crippen LogP contribution in [0.3, 0.4) is 0 Å². The SMILES string of the molecule is Cc1onc(-c2ccccc2Cl)c1C(=O)ON=C(c1ccc2c(c1)OCO2)N(C)C. The summed E-state index contributed by atoms with van der Waals surface area (Å²) in [7, 11) is 3.58. The fourth-order valence-corrected chi connectivity index (χ4v) is 3.23. The third-order valence-corrected chi connectivity index (χ3v) is 4.79. The van der Waals surface area contributed by atoms with E-state index in [9.17, 15) is 4.79 Å². The van der Waals surface area contributed by atoms with Crippen LogP contribution in [0.15, 0.2) is 52.1 Å². The standard InChI is InChI=1S/C21H18ClN3O5/c1-12-18(19(23-29-12)14-6-4-5-7-15(14)22)21(26)30-24-20(25(2)3)13-8-9-16-17(10-13)28-11-27-16/h4-10H,11H2,1-3H3. The molecule has 0 radical (unpaired) electrons. The Bertz CT molecular complexity index is 1140. The smallest absolute Gasteiger partial charge is 0.371 e. The van der Waals surface area contributed by atoms with E-state index in [0.29, 0.717) is 44.9 Å². The van der Waals surface area contributed by atoms with E-state index in [0.717, 1.165) is 0 Å².